The molecule has 1 heterocycles. The van der Waals surface area contributed by atoms with Crippen molar-refractivity contribution in [2.75, 3.05) is 13.6 Å². The average Bonchev–Trinajstić information content (AvgIpc) is 2.78. The molecule has 0 bridgehead atoms. The summed E-state index contributed by atoms with van der Waals surface area (Å²) in [6.45, 7) is 6.07. The van der Waals surface area contributed by atoms with Crippen molar-refractivity contribution < 1.29 is 4.79 Å². The summed E-state index contributed by atoms with van der Waals surface area (Å²) in [5, 5.41) is 8.78. The van der Waals surface area contributed by atoms with E-state index in [0.29, 0.717) is 5.56 Å². The van der Waals surface area contributed by atoms with Gasteiger partial charge in [0.25, 0.3) is 5.91 Å². The van der Waals surface area contributed by atoms with Gasteiger partial charge in [-0.3, -0.25) is 4.79 Å². The van der Waals surface area contributed by atoms with Crippen LogP contribution in [0.25, 0.3) is 5.69 Å². The van der Waals surface area contributed by atoms with E-state index >= 15 is 0 Å². The number of nitrogens with zero attached hydrogens (tertiary/aromatic N) is 3. The summed E-state index contributed by atoms with van der Waals surface area (Å²) in [6, 6.07) is 11.9. The molecule has 0 fully saturated rings. The van der Waals surface area contributed by atoms with Gasteiger partial charge in [-0.2, -0.15) is 5.26 Å². The van der Waals surface area contributed by atoms with Gasteiger partial charge in [0.15, 0.2) is 0 Å². The number of hydrogen-bond acceptors (Lipinski definition) is 2. The quantitative estimate of drug-likeness (QED) is 0.812. The summed E-state index contributed by atoms with van der Waals surface area (Å²) in [6.07, 6.45) is 0. The van der Waals surface area contributed by atoms with E-state index in [4.69, 9.17) is 5.26 Å². The van der Waals surface area contributed by atoms with E-state index in [1.165, 1.54) is 4.90 Å². The lowest BCUT2D eigenvalue weighted by molar-refractivity contribution is 0.0812. The van der Waals surface area contributed by atoms with Crippen molar-refractivity contribution in [2.24, 2.45) is 0 Å². The highest BCUT2D eigenvalue weighted by Gasteiger charge is 2.18. The standard InChI is InChI=1S/C17H19N3O/c1-12-5-8-16(20-13(2)6-7-14(20)3)15(11-12)17(21)19(4)10-9-18/h5-8,11H,10H2,1-4H3. The van der Waals surface area contributed by atoms with Crippen LogP contribution < -0.4 is 0 Å². The van der Waals surface area contributed by atoms with Crippen molar-refractivity contribution in [2.45, 2.75) is 20.8 Å². The zero-order valence-electron chi connectivity index (χ0n) is 12.8. The first kappa shape index (κ1) is 14.9. The summed E-state index contributed by atoms with van der Waals surface area (Å²) in [4.78, 5) is 14.0. The Hall–Kier alpha value is -2.54. The van der Waals surface area contributed by atoms with Crippen molar-refractivity contribution in [1.82, 2.24) is 9.47 Å². The van der Waals surface area contributed by atoms with Crippen LogP contribution in [0.4, 0.5) is 0 Å². The first-order valence-corrected chi connectivity index (χ1v) is 6.84. The number of carbonyl (C=O) groups is 1. The number of nitriles is 1. The van der Waals surface area contributed by atoms with E-state index in [0.717, 1.165) is 22.6 Å². The number of carbonyl (C=O) groups excluding carboxylic acids is 1. The average molecular weight is 281 g/mol. The second-order valence-corrected chi connectivity index (χ2v) is 5.29. The predicted molar refractivity (Wildman–Crippen MR) is 82.6 cm³/mol. The third-order valence-corrected chi connectivity index (χ3v) is 3.55. The van der Waals surface area contributed by atoms with Gasteiger partial charge >= 0.3 is 0 Å². The van der Waals surface area contributed by atoms with Crippen molar-refractivity contribution in [1.29, 1.82) is 5.26 Å². The first-order chi connectivity index (χ1) is 9.95. The first-order valence-electron chi connectivity index (χ1n) is 6.84. The molecule has 0 saturated heterocycles. The van der Waals surface area contributed by atoms with E-state index < -0.39 is 0 Å². The molecule has 0 aliphatic carbocycles. The van der Waals surface area contributed by atoms with E-state index in [1.807, 2.05) is 57.2 Å². The largest absolute Gasteiger partial charge is 0.328 e. The molecule has 0 aliphatic heterocycles. The fourth-order valence-corrected chi connectivity index (χ4v) is 2.45. The summed E-state index contributed by atoms with van der Waals surface area (Å²) in [5.41, 5.74) is 4.65. The Morgan fingerprint density at radius 3 is 2.38 bits per heavy atom. The minimum absolute atomic E-state index is 0.0792. The minimum Gasteiger partial charge on any atom is -0.328 e. The molecule has 2 rings (SSSR count). The van der Waals surface area contributed by atoms with Crippen LogP contribution in [0, 0.1) is 32.1 Å². The molecule has 108 valence electrons. The fraction of sp³-hybridized carbons (Fsp3) is 0.294. The Kier molecular flexibility index (Phi) is 4.13. The Bertz CT molecular complexity index is 703. The molecule has 0 spiro atoms. The van der Waals surface area contributed by atoms with Crippen molar-refractivity contribution >= 4 is 5.91 Å². The molecule has 21 heavy (non-hydrogen) atoms. The predicted octanol–water partition coefficient (Wildman–Crippen LogP) is 3.00. The normalized spacial score (nSPS) is 10.2. The van der Waals surface area contributed by atoms with E-state index in [1.54, 1.807) is 7.05 Å². The maximum Gasteiger partial charge on any atom is 0.256 e. The van der Waals surface area contributed by atoms with Crippen LogP contribution in [0.15, 0.2) is 30.3 Å². The molecule has 2 aromatic rings. The minimum atomic E-state index is -0.136. The number of amides is 1. The second kappa shape index (κ2) is 5.84. The fourth-order valence-electron chi connectivity index (χ4n) is 2.45. The number of benzene rings is 1. The Labute approximate surface area is 125 Å². The lowest BCUT2D eigenvalue weighted by Gasteiger charge is -2.19. The van der Waals surface area contributed by atoms with Gasteiger partial charge in [0, 0.05) is 18.4 Å². The molecule has 0 atom stereocenters. The van der Waals surface area contributed by atoms with Crippen molar-refractivity contribution in [3.8, 4) is 11.8 Å². The molecule has 4 heteroatoms. The summed E-state index contributed by atoms with van der Waals surface area (Å²) in [5.74, 6) is -0.136. The highest BCUT2D eigenvalue weighted by atomic mass is 16.2. The molecular weight excluding hydrogens is 262 g/mol. The van der Waals surface area contributed by atoms with Gasteiger partial charge < -0.3 is 9.47 Å². The second-order valence-electron chi connectivity index (χ2n) is 5.29. The number of aryl methyl sites for hydroxylation is 3. The highest BCUT2D eigenvalue weighted by Crippen LogP contribution is 2.22. The lowest BCUT2D eigenvalue weighted by Crippen LogP contribution is -2.28. The number of aromatic nitrogens is 1. The van der Waals surface area contributed by atoms with E-state index in [2.05, 4.69) is 4.57 Å². The number of rotatable bonds is 3. The molecule has 0 radical (unpaired) electrons. The maximum atomic E-state index is 12.6. The maximum absolute atomic E-state index is 12.6. The zero-order valence-corrected chi connectivity index (χ0v) is 12.8. The van der Waals surface area contributed by atoms with Crippen molar-refractivity contribution in [3.05, 3.63) is 52.8 Å². The Morgan fingerprint density at radius 1 is 1.19 bits per heavy atom. The zero-order chi connectivity index (χ0) is 15.6. The monoisotopic (exact) mass is 281 g/mol. The van der Waals surface area contributed by atoms with Crippen LogP contribution in [-0.2, 0) is 0 Å². The molecule has 0 aliphatic rings. The van der Waals surface area contributed by atoms with Gasteiger partial charge in [-0.25, -0.2) is 0 Å². The van der Waals surface area contributed by atoms with Crippen LogP contribution in [0.2, 0.25) is 0 Å². The molecule has 1 aromatic heterocycles. The molecule has 1 aromatic carbocycles. The Balaban J connectivity index is 2.59. The van der Waals surface area contributed by atoms with E-state index in [9.17, 15) is 4.79 Å². The van der Waals surface area contributed by atoms with Crippen LogP contribution in [0.3, 0.4) is 0 Å². The van der Waals surface area contributed by atoms with Crippen LogP contribution in [0.5, 0.6) is 0 Å². The van der Waals surface area contributed by atoms with Gasteiger partial charge in [0.2, 0.25) is 0 Å². The topological polar surface area (TPSA) is 49.0 Å². The molecular formula is C17H19N3O. The van der Waals surface area contributed by atoms with Gasteiger partial charge in [-0.15, -0.1) is 0 Å². The third kappa shape index (κ3) is 2.82. The molecule has 0 N–H and O–H groups in total. The molecule has 0 unspecified atom stereocenters. The van der Waals surface area contributed by atoms with Crippen LogP contribution >= 0.6 is 0 Å². The van der Waals surface area contributed by atoms with Crippen LogP contribution in [0.1, 0.15) is 27.3 Å². The summed E-state index contributed by atoms with van der Waals surface area (Å²) in [7, 11) is 1.65. The molecule has 1 amide bonds. The number of hydrogen-bond donors (Lipinski definition) is 0. The summed E-state index contributed by atoms with van der Waals surface area (Å²) >= 11 is 0. The summed E-state index contributed by atoms with van der Waals surface area (Å²) < 4.78 is 2.06. The molecule has 4 nitrogen and oxygen atoms in total. The van der Waals surface area contributed by atoms with Crippen LogP contribution in [-0.4, -0.2) is 29.0 Å². The van der Waals surface area contributed by atoms with Gasteiger partial charge in [-0.05, 0) is 45.0 Å². The molecule has 0 saturated carbocycles. The smallest absolute Gasteiger partial charge is 0.256 e. The van der Waals surface area contributed by atoms with Crippen molar-refractivity contribution in [3.63, 3.8) is 0 Å². The Morgan fingerprint density at radius 2 is 1.81 bits per heavy atom. The van der Waals surface area contributed by atoms with Gasteiger partial charge in [0.1, 0.15) is 6.54 Å². The van der Waals surface area contributed by atoms with Gasteiger partial charge in [-0.1, -0.05) is 11.6 Å². The lowest BCUT2D eigenvalue weighted by atomic mass is 10.1. The van der Waals surface area contributed by atoms with Gasteiger partial charge in [0.05, 0.1) is 17.3 Å². The van der Waals surface area contributed by atoms with E-state index in [-0.39, 0.29) is 12.5 Å². The third-order valence-electron chi connectivity index (χ3n) is 3.55. The SMILES string of the molecule is Cc1ccc(-n2c(C)ccc2C)c(C(=O)N(C)CC#N)c1. The highest BCUT2D eigenvalue weighted by molar-refractivity contribution is 5.98.